The summed E-state index contributed by atoms with van der Waals surface area (Å²) in [6.07, 6.45) is -0.749. The van der Waals surface area contributed by atoms with Gasteiger partial charge in [-0.2, -0.15) is 0 Å². The Morgan fingerprint density at radius 3 is 1.98 bits per heavy atom. The molecule has 0 aliphatic carbocycles. The average molecular weight is 587 g/mol. The van der Waals surface area contributed by atoms with E-state index in [-0.39, 0.29) is 18.6 Å². The van der Waals surface area contributed by atoms with E-state index in [1.54, 1.807) is 60.6 Å². The Balaban J connectivity index is 2.35. The maximum absolute atomic E-state index is 13.9. The van der Waals surface area contributed by atoms with E-state index in [1.165, 1.54) is 42.3 Å². The lowest BCUT2D eigenvalue weighted by atomic mass is 9.84. The zero-order valence-electron chi connectivity index (χ0n) is 25.6. The molecule has 2 aromatic carbocycles. The van der Waals surface area contributed by atoms with Gasteiger partial charge in [-0.25, -0.2) is 9.18 Å². The Kier molecular flexibility index (Phi) is 11.1. The zero-order chi connectivity index (χ0) is 32.0. The third-order valence-electron chi connectivity index (χ3n) is 6.51. The molecule has 0 saturated carbocycles. The highest BCUT2D eigenvalue weighted by Crippen LogP contribution is 2.26. The molecule has 0 aliphatic rings. The molecule has 3 atom stereocenters. The first-order valence-electron chi connectivity index (χ1n) is 13.7. The predicted molar refractivity (Wildman–Crippen MR) is 157 cm³/mol. The summed E-state index contributed by atoms with van der Waals surface area (Å²) in [4.78, 5) is 53.8. The number of halogens is 1. The smallest absolute Gasteiger partial charge is 0.408 e. The number of phenolic OH excluding ortho intramolecular Hbond substituents is 1. The SMILES string of the molecule is Cc1cc(C[C@H](NC(=O)[C@@H](N(C)C(=O)[C@H](Cc2ccc(F)cc2)NC(=O)OC(C)(C)C)C(C)(C)C)C(N)=O)ccc1O. The van der Waals surface area contributed by atoms with E-state index in [4.69, 9.17) is 10.5 Å². The Bertz CT molecular complexity index is 1280. The molecule has 5 N–H and O–H groups in total. The molecule has 11 heteroatoms. The van der Waals surface area contributed by atoms with Gasteiger partial charge in [0.1, 0.15) is 35.3 Å². The molecule has 42 heavy (non-hydrogen) atoms. The largest absolute Gasteiger partial charge is 0.508 e. The van der Waals surface area contributed by atoms with Gasteiger partial charge in [0.05, 0.1) is 0 Å². The summed E-state index contributed by atoms with van der Waals surface area (Å²) < 4.78 is 18.9. The number of benzene rings is 2. The topological polar surface area (TPSA) is 151 Å². The molecule has 0 radical (unpaired) electrons. The van der Waals surface area contributed by atoms with Gasteiger partial charge in [-0.05, 0) is 68.0 Å². The number of carbonyl (C=O) groups is 4. The number of carbonyl (C=O) groups excluding carboxylic acids is 4. The number of nitrogens with two attached hydrogens (primary N) is 1. The molecule has 2 aromatic rings. The van der Waals surface area contributed by atoms with Crippen LogP contribution in [-0.4, -0.2) is 64.6 Å². The number of ether oxygens (including phenoxy) is 1. The number of alkyl carbamates (subject to hydrolysis) is 1. The summed E-state index contributed by atoms with van der Waals surface area (Å²) in [5, 5.41) is 15.1. The molecule has 0 bridgehead atoms. The molecular weight excluding hydrogens is 543 g/mol. The van der Waals surface area contributed by atoms with Gasteiger partial charge in [0.15, 0.2) is 0 Å². The molecule has 0 fully saturated rings. The predicted octanol–water partition coefficient (Wildman–Crippen LogP) is 3.36. The molecule has 0 aromatic heterocycles. The number of nitrogens with one attached hydrogen (secondary N) is 2. The first-order valence-corrected chi connectivity index (χ1v) is 13.7. The van der Waals surface area contributed by atoms with E-state index < -0.39 is 58.8 Å². The van der Waals surface area contributed by atoms with Crippen LogP contribution in [0, 0.1) is 18.2 Å². The van der Waals surface area contributed by atoms with Crippen LogP contribution in [-0.2, 0) is 32.0 Å². The maximum atomic E-state index is 13.9. The Morgan fingerprint density at radius 2 is 1.48 bits per heavy atom. The van der Waals surface area contributed by atoms with Crippen molar-refractivity contribution in [3.05, 3.63) is 65.0 Å². The van der Waals surface area contributed by atoms with Crippen LogP contribution in [0.2, 0.25) is 0 Å². The van der Waals surface area contributed by atoms with Crippen molar-refractivity contribution in [2.24, 2.45) is 11.1 Å². The number of primary amides is 1. The second-order valence-electron chi connectivity index (χ2n) is 12.5. The quantitative estimate of drug-likeness (QED) is 0.335. The van der Waals surface area contributed by atoms with Gasteiger partial charge < -0.3 is 31.1 Å². The van der Waals surface area contributed by atoms with Crippen LogP contribution in [0.25, 0.3) is 0 Å². The molecule has 4 amide bonds. The molecule has 0 spiro atoms. The van der Waals surface area contributed by atoms with Crippen molar-refractivity contribution in [2.75, 3.05) is 7.05 Å². The second-order valence-corrected chi connectivity index (χ2v) is 12.5. The van der Waals surface area contributed by atoms with Gasteiger partial charge in [0, 0.05) is 19.9 Å². The van der Waals surface area contributed by atoms with Crippen LogP contribution in [0.3, 0.4) is 0 Å². The van der Waals surface area contributed by atoms with Crippen molar-refractivity contribution in [3.8, 4) is 5.75 Å². The number of phenols is 1. The van der Waals surface area contributed by atoms with Gasteiger partial charge in [0.25, 0.3) is 0 Å². The van der Waals surface area contributed by atoms with Gasteiger partial charge in [0.2, 0.25) is 17.7 Å². The minimum atomic E-state index is -1.15. The van der Waals surface area contributed by atoms with Crippen LogP contribution in [0.4, 0.5) is 9.18 Å². The van der Waals surface area contributed by atoms with E-state index in [2.05, 4.69) is 10.6 Å². The summed E-state index contributed by atoms with van der Waals surface area (Å²) >= 11 is 0. The highest BCUT2D eigenvalue weighted by molar-refractivity contribution is 5.94. The van der Waals surface area contributed by atoms with Crippen LogP contribution in [0.15, 0.2) is 42.5 Å². The molecule has 0 aliphatic heterocycles. The number of hydrogen-bond acceptors (Lipinski definition) is 6. The van der Waals surface area contributed by atoms with Gasteiger partial charge >= 0.3 is 6.09 Å². The second kappa shape index (κ2) is 13.7. The summed E-state index contributed by atoms with van der Waals surface area (Å²) in [6.45, 7) is 12.1. The molecular formula is C31H43FN4O6. The molecule has 10 nitrogen and oxygen atoms in total. The fraction of sp³-hybridized carbons (Fsp3) is 0.484. The Morgan fingerprint density at radius 1 is 0.929 bits per heavy atom. The number of aromatic hydroxyl groups is 1. The first-order chi connectivity index (χ1) is 19.3. The minimum Gasteiger partial charge on any atom is -0.508 e. The summed E-state index contributed by atoms with van der Waals surface area (Å²) in [5.41, 5.74) is 5.84. The van der Waals surface area contributed by atoms with Gasteiger partial charge in [-0.15, -0.1) is 0 Å². The molecule has 0 unspecified atom stereocenters. The highest BCUT2D eigenvalue weighted by atomic mass is 19.1. The van der Waals surface area contributed by atoms with Crippen molar-refractivity contribution in [1.29, 1.82) is 0 Å². The van der Waals surface area contributed by atoms with Crippen molar-refractivity contribution in [1.82, 2.24) is 15.5 Å². The number of nitrogens with zero attached hydrogens (tertiary/aromatic N) is 1. The van der Waals surface area contributed by atoms with Crippen molar-refractivity contribution in [2.45, 2.75) is 85.0 Å². The fourth-order valence-corrected chi connectivity index (χ4v) is 4.58. The number of hydrogen-bond donors (Lipinski definition) is 4. The fourth-order valence-electron chi connectivity index (χ4n) is 4.58. The zero-order valence-corrected chi connectivity index (χ0v) is 25.6. The molecule has 230 valence electrons. The average Bonchev–Trinajstić information content (AvgIpc) is 2.84. The summed E-state index contributed by atoms with van der Waals surface area (Å²) in [6, 6.07) is 6.99. The van der Waals surface area contributed by atoms with E-state index in [9.17, 15) is 28.7 Å². The third-order valence-corrected chi connectivity index (χ3v) is 6.51. The summed E-state index contributed by atoms with van der Waals surface area (Å²) in [7, 11) is 1.44. The Hall–Kier alpha value is -4.15. The van der Waals surface area contributed by atoms with Crippen molar-refractivity contribution < 1.29 is 33.4 Å². The van der Waals surface area contributed by atoms with Gasteiger partial charge in [-0.1, -0.05) is 45.0 Å². The third kappa shape index (κ3) is 10.0. The molecule has 2 rings (SSSR count). The van der Waals surface area contributed by atoms with Crippen LogP contribution < -0.4 is 16.4 Å². The summed E-state index contributed by atoms with van der Waals surface area (Å²) in [5.74, 6) is -2.33. The number of amides is 4. The molecule has 0 saturated heterocycles. The van der Waals surface area contributed by atoms with Crippen molar-refractivity contribution in [3.63, 3.8) is 0 Å². The lowest BCUT2D eigenvalue weighted by Gasteiger charge is -2.39. The van der Waals surface area contributed by atoms with Crippen LogP contribution in [0.1, 0.15) is 58.2 Å². The lowest BCUT2D eigenvalue weighted by Crippen LogP contribution is -2.61. The minimum absolute atomic E-state index is 0.00525. The van der Waals surface area contributed by atoms with E-state index in [0.717, 1.165) is 0 Å². The van der Waals surface area contributed by atoms with E-state index in [1.807, 2.05) is 0 Å². The maximum Gasteiger partial charge on any atom is 0.408 e. The Labute approximate surface area is 246 Å². The van der Waals surface area contributed by atoms with Gasteiger partial charge in [-0.3, -0.25) is 14.4 Å². The lowest BCUT2D eigenvalue weighted by molar-refractivity contribution is -0.145. The number of aryl methyl sites for hydroxylation is 1. The number of rotatable bonds is 10. The van der Waals surface area contributed by atoms with E-state index >= 15 is 0 Å². The number of likely N-dealkylation sites (N-methyl/N-ethyl adjacent to an activating group) is 1. The monoisotopic (exact) mass is 586 g/mol. The first kappa shape index (κ1) is 34.1. The molecule has 0 heterocycles. The standard InChI is InChI=1S/C31H43FN4O6/c1-18-15-20(11-14-24(18)37)17-22(26(33)38)34-27(39)25(30(2,3)4)36(8)28(40)23(35-29(41)42-31(5,6)7)16-19-9-12-21(32)13-10-19/h9-15,22-23,25,37H,16-17H2,1-8H3,(H2,33,38)(H,34,39)(H,35,41)/t22-,23-,25+/m0/s1. The van der Waals surface area contributed by atoms with Crippen molar-refractivity contribution >= 4 is 23.8 Å². The van der Waals surface area contributed by atoms with Crippen LogP contribution in [0.5, 0.6) is 5.75 Å². The normalized spacial score (nSPS) is 13.8. The highest BCUT2D eigenvalue weighted by Gasteiger charge is 2.41. The van der Waals surface area contributed by atoms with E-state index in [0.29, 0.717) is 16.7 Å². The van der Waals surface area contributed by atoms with Crippen LogP contribution >= 0.6 is 0 Å².